The lowest BCUT2D eigenvalue weighted by Gasteiger charge is -2.15. The van der Waals surface area contributed by atoms with E-state index in [4.69, 9.17) is 4.74 Å². The fraction of sp³-hybridized carbons (Fsp3) is 1.00. The van der Waals surface area contributed by atoms with Crippen molar-refractivity contribution in [2.45, 2.75) is 40.0 Å². The molecule has 2 heteroatoms. The maximum atomic E-state index is 12.4. The van der Waals surface area contributed by atoms with Gasteiger partial charge in [-0.15, -0.1) is 0 Å². The van der Waals surface area contributed by atoms with Gasteiger partial charge in [-0.1, -0.05) is 13.8 Å². The van der Waals surface area contributed by atoms with Crippen LogP contribution in [0.25, 0.3) is 0 Å². The third-order valence-corrected chi connectivity index (χ3v) is 1.34. The Bertz CT molecular complexity index is 81.3. The highest BCUT2D eigenvalue weighted by Gasteiger charge is 2.10. The molecule has 0 aromatic carbocycles. The van der Waals surface area contributed by atoms with E-state index in [9.17, 15) is 4.39 Å². The van der Waals surface area contributed by atoms with Crippen LogP contribution in [0.1, 0.15) is 27.7 Å². The van der Waals surface area contributed by atoms with Crippen LogP contribution in [0.15, 0.2) is 0 Å². The molecule has 0 heterocycles. The monoisotopic (exact) mass is 148 g/mol. The minimum absolute atomic E-state index is 0.262. The molecule has 0 N–H and O–H groups in total. The summed E-state index contributed by atoms with van der Waals surface area (Å²) in [5.74, 6) is 0.487. The molecule has 0 saturated carbocycles. The van der Waals surface area contributed by atoms with Crippen LogP contribution >= 0.6 is 0 Å². The lowest BCUT2D eigenvalue weighted by atomic mass is 10.2. The van der Waals surface area contributed by atoms with Gasteiger partial charge in [0, 0.05) is 6.61 Å². The topological polar surface area (TPSA) is 9.23 Å². The Kier molecular flexibility index (Phi) is 4.62. The molecule has 2 unspecified atom stereocenters. The third-order valence-electron chi connectivity index (χ3n) is 1.34. The van der Waals surface area contributed by atoms with E-state index in [0.29, 0.717) is 12.5 Å². The Balaban J connectivity index is 3.30. The molecule has 10 heavy (non-hydrogen) atoms. The molecule has 0 bridgehead atoms. The second-order valence-corrected chi connectivity index (χ2v) is 3.11. The zero-order valence-corrected chi connectivity index (χ0v) is 7.23. The highest BCUT2D eigenvalue weighted by Crippen LogP contribution is 2.04. The van der Waals surface area contributed by atoms with Crippen LogP contribution in [0.2, 0.25) is 0 Å². The number of hydrogen-bond donors (Lipinski definition) is 0. The summed E-state index contributed by atoms with van der Waals surface area (Å²) >= 11 is 0. The lowest BCUT2D eigenvalue weighted by molar-refractivity contribution is 0.00320. The van der Waals surface area contributed by atoms with Crippen LogP contribution in [0.4, 0.5) is 4.39 Å². The van der Waals surface area contributed by atoms with Crippen molar-refractivity contribution in [3.8, 4) is 0 Å². The molecule has 0 spiro atoms. The number of ether oxygens (including phenoxy) is 1. The Morgan fingerprint density at radius 1 is 1.20 bits per heavy atom. The minimum atomic E-state index is -0.862. The van der Waals surface area contributed by atoms with Gasteiger partial charge in [0.05, 0.1) is 6.10 Å². The van der Waals surface area contributed by atoms with E-state index in [2.05, 4.69) is 13.8 Å². The van der Waals surface area contributed by atoms with Gasteiger partial charge in [0.25, 0.3) is 0 Å². The van der Waals surface area contributed by atoms with Crippen molar-refractivity contribution in [1.29, 1.82) is 0 Å². The molecular formula is C8H17FO. The van der Waals surface area contributed by atoms with E-state index in [1.165, 1.54) is 6.92 Å². The first-order valence-electron chi connectivity index (χ1n) is 3.79. The smallest absolute Gasteiger partial charge is 0.123 e. The second-order valence-electron chi connectivity index (χ2n) is 3.11. The van der Waals surface area contributed by atoms with Crippen molar-refractivity contribution < 1.29 is 9.13 Å². The predicted octanol–water partition coefficient (Wildman–Crippen LogP) is 2.41. The van der Waals surface area contributed by atoms with E-state index in [-0.39, 0.29) is 6.10 Å². The standard InChI is InChI=1S/C8H17FO/c1-6(2)5-10-8(4)7(3)9/h6-8H,5H2,1-4H3. The first-order chi connectivity index (χ1) is 4.54. The second kappa shape index (κ2) is 4.67. The Hall–Kier alpha value is -0.110. The van der Waals surface area contributed by atoms with Crippen molar-refractivity contribution in [3.05, 3.63) is 0 Å². The first-order valence-corrected chi connectivity index (χ1v) is 3.79. The average molecular weight is 148 g/mol. The van der Waals surface area contributed by atoms with Crippen molar-refractivity contribution in [3.63, 3.8) is 0 Å². The Morgan fingerprint density at radius 2 is 1.70 bits per heavy atom. The summed E-state index contributed by atoms with van der Waals surface area (Å²) in [6.45, 7) is 8.03. The molecule has 0 aromatic rings. The lowest BCUT2D eigenvalue weighted by Crippen LogP contribution is -2.21. The number of hydrogen-bond acceptors (Lipinski definition) is 1. The van der Waals surface area contributed by atoms with Gasteiger partial charge in [-0.3, -0.25) is 0 Å². The quantitative estimate of drug-likeness (QED) is 0.595. The Morgan fingerprint density at radius 3 is 2.00 bits per heavy atom. The van der Waals surface area contributed by atoms with E-state index in [1.54, 1.807) is 6.92 Å². The van der Waals surface area contributed by atoms with Gasteiger partial charge < -0.3 is 4.74 Å². The first kappa shape index (κ1) is 9.89. The summed E-state index contributed by atoms with van der Waals surface area (Å²) in [5.41, 5.74) is 0. The van der Waals surface area contributed by atoms with Crippen molar-refractivity contribution in [2.75, 3.05) is 6.61 Å². The molecule has 0 aliphatic carbocycles. The van der Waals surface area contributed by atoms with Crippen LogP contribution in [-0.4, -0.2) is 18.9 Å². The highest BCUT2D eigenvalue weighted by molar-refractivity contribution is 4.57. The van der Waals surface area contributed by atoms with Gasteiger partial charge >= 0.3 is 0 Å². The summed E-state index contributed by atoms with van der Waals surface area (Å²) in [5, 5.41) is 0. The molecule has 0 aliphatic rings. The van der Waals surface area contributed by atoms with Crippen molar-refractivity contribution in [2.24, 2.45) is 5.92 Å². The largest absolute Gasteiger partial charge is 0.375 e. The van der Waals surface area contributed by atoms with E-state index in [1.807, 2.05) is 0 Å². The molecule has 1 nitrogen and oxygen atoms in total. The molecule has 0 saturated heterocycles. The van der Waals surface area contributed by atoms with Gasteiger partial charge in [0.2, 0.25) is 0 Å². The molecule has 0 rings (SSSR count). The number of alkyl halides is 1. The van der Waals surface area contributed by atoms with Crippen LogP contribution in [0.5, 0.6) is 0 Å². The normalized spacial score (nSPS) is 17.4. The van der Waals surface area contributed by atoms with Crippen molar-refractivity contribution >= 4 is 0 Å². The highest BCUT2D eigenvalue weighted by atomic mass is 19.1. The van der Waals surface area contributed by atoms with Gasteiger partial charge in [-0.2, -0.15) is 0 Å². The summed E-state index contributed by atoms with van der Waals surface area (Å²) in [6, 6.07) is 0. The van der Waals surface area contributed by atoms with E-state index < -0.39 is 6.17 Å². The summed E-state index contributed by atoms with van der Waals surface area (Å²) in [7, 11) is 0. The average Bonchev–Trinajstić information content (AvgIpc) is 1.82. The summed E-state index contributed by atoms with van der Waals surface area (Å²) in [6.07, 6.45) is -1.12. The molecule has 62 valence electrons. The van der Waals surface area contributed by atoms with Crippen LogP contribution in [0.3, 0.4) is 0 Å². The van der Waals surface area contributed by atoms with Crippen LogP contribution in [0, 0.1) is 5.92 Å². The zero-order valence-electron chi connectivity index (χ0n) is 7.23. The minimum Gasteiger partial charge on any atom is -0.375 e. The third kappa shape index (κ3) is 4.74. The van der Waals surface area contributed by atoms with Crippen molar-refractivity contribution in [1.82, 2.24) is 0 Å². The SMILES string of the molecule is CC(C)COC(C)C(C)F. The molecule has 2 atom stereocenters. The number of rotatable bonds is 4. The number of halogens is 1. The Labute approximate surface area is 62.6 Å². The molecule has 0 fully saturated rings. The summed E-state index contributed by atoms with van der Waals surface area (Å²) in [4.78, 5) is 0. The van der Waals surface area contributed by atoms with Gasteiger partial charge in [0.15, 0.2) is 0 Å². The van der Waals surface area contributed by atoms with Crippen LogP contribution in [-0.2, 0) is 4.74 Å². The molecule has 0 aliphatic heterocycles. The molecular weight excluding hydrogens is 131 g/mol. The van der Waals surface area contributed by atoms with Gasteiger partial charge in [-0.05, 0) is 19.8 Å². The zero-order chi connectivity index (χ0) is 8.15. The molecule has 0 amide bonds. The van der Waals surface area contributed by atoms with Gasteiger partial charge in [-0.25, -0.2) is 4.39 Å². The summed E-state index contributed by atoms with van der Waals surface area (Å²) < 4.78 is 17.6. The van der Waals surface area contributed by atoms with Crippen LogP contribution < -0.4 is 0 Å². The maximum absolute atomic E-state index is 12.4. The van der Waals surface area contributed by atoms with Gasteiger partial charge in [0.1, 0.15) is 6.17 Å². The molecule has 0 aromatic heterocycles. The predicted molar refractivity (Wildman–Crippen MR) is 40.8 cm³/mol. The molecule has 0 radical (unpaired) electrons. The fourth-order valence-corrected chi connectivity index (χ4v) is 0.477. The van der Waals surface area contributed by atoms with E-state index >= 15 is 0 Å². The maximum Gasteiger partial charge on any atom is 0.123 e. The fourth-order valence-electron chi connectivity index (χ4n) is 0.477. The van der Waals surface area contributed by atoms with E-state index in [0.717, 1.165) is 0 Å².